The number of nitrogens with zero attached hydrogens (tertiary/aromatic N) is 3. The van der Waals surface area contributed by atoms with Gasteiger partial charge in [0.15, 0.2) is 5.96 Å². The Morgan fingerprint density at radius 1 is 1.27 bits per heavy atom. The zero-order chi connectivity index (χ0) is 21.2. The number of anilines is 1. The molecule has 7 nitrogen and oxygen atoms in total. The van der Waals surface area contributed by atoms with E-state index in [1.165, 1.54) is 0 Å². The Balaban J connectivity index is 1.44. The number of guanidine groups is 1. The van der Waals surface area contributed by atoms with Crippen LogP contribution in [0.4, 0.5) is 14.5 Å². The van der Waals surface area contributed by atoms with E-state index in [-0.39, 0.29) is 11.8 Å². The van der Waals surface area contributed by atoms with Gasteiger partial charge in [-0.1, -0.05) is 0 Å². The number of benzene rings is 1. The van der Waals surface area contributed by atoms with E-state index in [0.717, 1.165) is 43.3 Å². The lowest BCUT2D eigenvalue weighted by Gasteiger charge is -2.35. The summed E-state index contributed by atoms with van der Waals surface area (Å²) in [5.74, 6) is 1.62. The van der Waals surface area contributed by atoms with Gasteiger partial charge in [-0.3, -0.25) is 9.98 Å². The summed E-state index contributed by atoms with van der Waals surface area (Å²) in [5, 5.41) is 6.70. The molecule has 1 fully saturated rings. The number of rotatable bonds is 8. The van der Waals surface area contributed by atoms with Crippen molar-refractivity contribution >= 4 is 11.6 Å². The summed E-state index contributed by atoms with van der Waals surface area (Å²) in [7, 11) is 1.74. The highest BCUT2D eigenvalue weighted by atomic mass is 19.3. The fraction of sp³-hybridized carbons (Fsp3) is 0.429. The number of piperidine rings is 1. The van der Waals surface area contributed by atoms with Gasteiger partial charge in [-0.2, -0.15) is 8.78 Å². The first-order valence-corrected chi connectivity index (χ1v) is 9.94. The maximum Gasteiger partial charge on any atom is 0.387 e. The normalized spacial score (nSPS) is 17.0. The van der Waals surface area contributed by atoms with Crippen molar-refractivity contribution in [3.63, 3.8) is 0 Å². The summed E-state index contributed by atoms with van der Waals surface area (Å²) in [5.41, 5.74) is 0.982. The van der Waals surface area contributed by atoms with E-state index in [0.29, 0.717) is 13.2 Å². The minimum absolute atomic E-state index is 0.165. The number of hydrogen-bond acceptors (Lipinski definition) is 5. The maximum absolute atomic E-state index is 12.3. The Labute approximate surface area is 175 Å². The lowest BCUT2D eigenvalue weighted by molar-refractivity contribution is -0.0498. The van der Waals surface area contributed by atoms with Gasteiger partial charge < -0.3 is 25.0 Å². The van der Waals surface area contributed by atoms with Crippen molar-refractivity contribution in [2.75, 3.05) is 38.2 Å². The van der Waals surface area contributed by atoms with Crippen LogP contribution in [0, 0.1) is 0 Å². The monoisotopic (exact) mass is 419 g/mol. The van der Waals surface area contributed by atoms with E-state index in [1.807, 2.05) is 24.3 Å². The van der Waals surface area contributed by atoms with Crippen LogP contribution in [0.25, 0.3) is 0 Å². The molecule has 9 heteroatoms. The van der Waals surface area contributed by atoms with E-state index in [1.54, 1.807) is 31.6 Å². The van der Waals surface area contributed by atoms with Crippen LogP contribution in [-0.2, 0) is 0 Å². The van der Waals surface area contributed by atoms with Gasteiger partial charge in [-0.25, -0.2) is 0 Å². The van der Waals surface area contributed by atoms with Crippen LogP contribution >= 0.6 is 0 Å². The molecule has 0 radical (unpaired) electrons. The highest BCUT2D eigenvalue weighted by molar-refractivity contribution is 5.80. The summed E-state index contributed by atoms with van der Waals surface area (Å²) in [6.45, 7) is 0.000831. The molecule has 0 spiro atoms. The maximum atomic E-state index is 12.3. The molecular weight excluding hydrogens is 392 g/mol. The summed E-state index contributed by atoms with van der Waals surface area (Å²) < 4.78 is 34.7. The number of nitrogens with one attached hydrogen (secondary N) is 2. The number of aliphatic imine (C=N–C) groups is 1. The van der Waals surface area contributed by atoms with Crippen LogP contribution in [0.2, 0.25) is 0 Å². The van der Waals surface area contributed by atoms with Crippen molar-refractivity contribution in [1.29, 1.82) is 0 Å². The van der Waals surface area contributed by atoms with Gasteiger partial charge in [0.05, 0.1) is 12.7 Å². The molecule has 2 heterocycles. The molecule has 1 saturated heterocycles. The number of hydrogen-bond donors (Lipinski definition) is 2. The second-order valence-electron chi connectivity index (χ2n) is 6.84. The predicted molar refractivity (Wildman–Crippen MR) is 113 cm³/mol. The van der Waals surface area contributed by atoms with Crippen LogP contribution in [0.5, 0.6) is 11.5 Å². The van der Waals surface area contributed by atoms with Crippen LogP contribution < -0.4 is 25.0 Å². The molecule has 0 amide bonds. The quantitative estimate of drug-likeness (QED) is 0.390. The Bertz CT molecular complexity index is 790. The predicted octanol–water partition coefficient (Wildman–Crippen LogP) is 2.90. The molecule has 0 aliphatic carbocycles. The van der Waals surface area contributed by atoms with Crippen LogP contribution in [0.15, 0.2) is 53.8 Å². The fourth-order valence-electron chi connectivity index (χ4n) is 3.33. The molecule has 2 aromatic rings. The number of ether oxygens (including phenoxy) is 2. The Kier molecular flexibility index (Phi) is 8.05. The van der Waals surface area contributed by atoms with Gasteiger partial charge >= 0.3 is 6.61 Å². The third-order valence-electron chi connectivity index (χ3n) is 4.71. The largest absolute Gasteiger partial charge is 0.490 e. The molecule has 1 aromatic carbocycles. The van der Waals surface area contributed by atoms with Crippen molar-refractivity contribution in [3.05, 3.63) is 48.8 Å². The van der Waals surface area contributed by atoms with Crippen LogP contribution in [0.3, 0.4) is 0 Å². The van der Waals surface area contributed by atoms with E-state index >= 15 is 0 Å². The first-order chi connectivity index (χ1) is 14.6. The van der Waals surface area contributed by atoms with Crippen molar-refractivity contribution in [1.82, 2.24) is 15.6 Å². The van der Waals surface area contributed by atoms with Gasteiger partial charge in [-0.15, -0.1) is 0 Å². The summed E-state index contributed by atoms with van der Waals surface area (Å²) in [6.07, 6.45) is 5.43. The highest BCUT2D eigenvalue weighted by Gasteiger charge is 2.21. The lowest BCUT2D eigenvalue weighted by atomic mass is 10.0. The molecule has 1 aliphatic heterocycles. The molecule has 30 heavy (non-hydrogen) atoms. The standard InChI is InChI=1S/C21H27F2N5O2/c1-24-21(26-11-13-29-19-5-2-10-25-14-19)27-16-4-3-12-28(15-16)17-6-8-18(9-7-17)30-20(22)23/h2,5-10,14,16,20H,3-4,11-13,15H2,1H3,(H2,24,26,27). The second-order valence-corrected chi connectivity index (χ2v) is 6.84. The number of halogens is 2. The third-order valence-corrected chi connectivity index (χ3v) is 4.71. The van der Waals surface area contributed by atoms with E-state index in [2.05, 4.69) is 30.2 Å². The topological polar surface area (TPSA) is 71.0 Å². The van der Waals surface area contributed by atoms with Crippen molar-refractivity contribution < 1.29 is 18.3 Å². The third kappa shape index (κ3) is 6.75. The first-order valence-electron chi connectivity index (χ1n) is 9.94. The minimum atomic E-state index is -2.81. The SMILES string of the molecule is CN=C(NCCOc1cccnc1)NC1CCCN(c2ccc(OC(F)F)cc2)C1. The van der Waals surface area contributed by atoms with Crippen molar-refractivity contribution in [2.45, 2.75) is 25.5 Å². The summed E-state index contributed by atoms with van der Waals surface area (Å²) in [4.78, 5) is 10.5. The zero-order valence-electron chi connectivity index (χ0n) is 16.9. The van der Waals surface area contributed by atoms with Gasteiger partial charge in [-0.05, 0) is 49.2 Å². The zero-order valence-corrected chi connectivity index (χ0v) is 16.9. The Morgan fingerprint density at radius 3 is 2.80 bits per heavy atom. The Morgan fingerprint density at radius 2 is 2.10 bits per heavy atom. The smallest absolute Gasteiger partial charge is 0.387 e. The molecule has 162 valence electrons. The minimum Gasteiger partial charge on any atom is -0.490 e. The van der Waals surface area contributed by atoms with Gasteiger partial charge in [0, 0.05) is 38.1 Å². The van der Waals surface area contributed by atoms with Crippen LogP contribution in [0.1, 0.15) is 12.8 Å². The highest BCUT2D eigenvalue weighted by Crippen LogP contribution is 2.23. The molecule has 0 saturated carbocycles. The summed E-state index contributed by atoms with van der Waals surface area (Å²) >= 11 is 0. The number of aromatic nitrogens is 1. The molecular formula is C21H27F2N5O2. The molecule has 1 unspecified atom stereocenters. The molecule has 1 atom stereocenters. The second kappa shape index (κ2) is 11.2. The molecule has 0 bridgehead atoms. The van der Waals surface area contributed by atoms with Crippen molar-refractivity contribution in [3.8, 4) is 11.5 Å². The van der Waals surface area contributed by atoms with E-state index < -0.39 is 6.61 Å². The van der Waals surface area contributed by atoms with E-state index in [9.17, 15) is 8.78 Å². The number of pyridine rings is 1. The fourth-order valence-corrected chi connectivity index (χ4v) is 3.33. The molecule has 2 N–H and O–H groups in total. The molecule has 1 aromatic heterocycles. The molecule has 1 aliphatic rings. The van der Waals surface area contributed by atoms with Crippen LogP contribution in [-0.4, -0.2) is 56.9 Å². The Hall–Kier alpha value is -3.10. The van der Waals surface area contributed by atoms with Crippen molar-refractivity contribution in [2.24, 2.45) is 4.99 Å². The number of alkyl halides is 2. The molecule has 3 rings (SSSR count). The average Bonchev–Trinajstić information content (AvgIpc) is 2.77. The first kappa shape index (κ1) is 21.6. The van der Waals surface area contributed by atoms with Gasteiger partial charge in [0.25, 0.3) is 0 Å². The van der Waals surface area contributed by atoms with Gasteiger partial charge in [0.2, 0.25) is 0 Å². The van der Waals surface area contributed by atoms with Gasteiger partial charge in [0.1, 0.15) is 18.1 Å². The lowest BCUT2D eigenvalue weighted by Crippen LogP contribution is -2.51. The summed E-state index contributed by atoms with van der Waals surface area (Å²) in [6, 6.07) is 10.7. The average molecular weight is 419 g/mol. The van der Waals surface area contributed by atoms with E-state index in [4.69, 9.17) is 4.74 Å².